The molecule has 2 aliphatic heterocycles. The van der Waals surface area contributed by atoms with Gasteiger partial charge in [-0.15, -0.1) is 0 Å². The van der Waals surface area contributed by atoms with E-state index in [9.17, 15) is 13.7 Å². The smallest absolute Gasteiger partial charge is 0.265 e. The van der Waals surface area contributed by atoms with Gasteiger partial charge in [0, 0.05) is 10.6 Å². The first kappa shape index (κ1) is 21.1. The molecule has 0 aromatic heterocycles. The van der Waals surface area contributed by atoms with Gasteiger partial charge in [-0.2, -0.15) is 5.26 Å². The van der Waals surface area contributed by atoms with Gasteiger partial charge < -0.3 is 10.5 Å². The molecule has 0 radical (unpaired) electrons. The van der Waals surface area contributed by atoms with Crippen LogP contribution in [0.3, 0.4) is 0 Å². The van der Waals surface area contributed by atoms with Gasteiger partial charge in [-0.25, -0.2) is 8.42 Å². The molecule has 1 unspecified atom stereocenters. The molecule has 0 saturated heterocycles. The number of allylic oxidation sites excluding steroid dienone is 2. The molecular weight excluding hydrogens is 458 g/mol. The predicted molar refractivity (Wildman–Crippen MR) is 127 cm³/mol. The van der Waals surface area contributed by atoms with Crippen molar-refractivity contribution < 1.29 is 13.2 Å². The number of nitrogens with two attached hydrogens (primary N) is 1. The number of anilines is 1. The number of halogens is 1. The maximum absolute atomic E-state index is 14.1. The summed E-state index contributed by atoms with van der Waals surface area (Å²) in [5.41, 5.74) is 8.59. The van der Waals surface area contributed by atoms with E-state index in [-0.39, 0.29) is 28.7 Å². The molecule has 0 saturated carbocycles. The fourth-order valence-electron chi connectivity index (χ4n) is 4.25. The van der Waals surface area contributed by atoms with E-state index in [1.807, 2.05) is 30.3 Å². The molecule has 2 heterocycles. The van der Waals surface area contributed by atoms with E-state index >= 15 is 0 Å². The van der Waals surface area contributed by atoms with E-state index in [2.05, 4.69) is 6.07 Å². The largest absolute Gasteiger partial charge is 0.439 e. The molecule has 8 heteroatoms. The number of fused-ring (bicyclic) bond motifs is 2. The highest BCUT2D eigenvalue weighted by Gasteiger charge is 2.47. The zero-order chi connectivity index (χ0) is 23.2. The average Bonchev–Trinajstić information content (AvgIpc) is 2.81. The summed E-state index contributed by atoms with van der Waals surface area (Å²) in [7, 11) is -4.11. The summed E-state index contributed by atoms with van der Waals surface area (Å²) in [5, 5.41) is 10.3. The highest BCUT2D eigenvalue weighted by Crippen LogP contribution is 2.51. The first-order chi connectivity index (χ1) is 15.9. The van der Waals surface area contributed by atoms with Crippen molar-refractivity contribution in [2.75, 3.05) is 4.31 Å². The summed E-state index contributed by atoms with van der Waals surface area (Å²) in [6, 6.07) is 25.3. The van der Waals surface area contributed by atoms with Crippen molar-refractivity contribution in [3.8, 4) is 6.07 Å². The molecule has 2 aliphatic rings. The third kappa shape index (κ3) is 3.44. The number of sulfonamides is 1. The lowest BCUT2D eigenvalue weighted by Gasteiger charge is -2.38. The van der Waals surface area contributed by atoms with Crippen LogP contribution in [-0.4, -0.2) is 8.42 Å². The molecule has 2 N–H and O–H groups in total. The van der Waals surface area contributed by atoms with Crippen LogP contribution in [0.25, 0.3) is 5.76 Å². The summed E-state index contributed by atoms with van der Waals surface area (Å²) in [6.45, 7) is 0.125. The van der Waals surface area contributed by atoms with Gasteiger partial charge in [-0.05, 0) is 35.4 Å². The summed E-state index contributed by atoms with van der Waals surface area (Å²) in [6.07, 6.45) is 0. The Morgan fingerprint density at radius 2 is 1.76 bits per heavy atom. The lowest BCUT2D eigenvalue weighted by atomic mass is 9.88. The lowest BCUT2D eigenvalue weighted by Crippen LogP contribution is -2.39. The molecule has 3 aromatic rings. The Morgan fingerprint density at radius 3 is 2.48 bits per heavy atom. The zero-order valence-corrected chi connectivity index (χ0v) is 18.8. The zero-order valence-electron chi connectivity index (χ0n) is 17.3. The van der Waals surface area contributed by atoms with Gasteiger partial charge in [-0.3, -0.25) is 4.31 Å². The number of nitrogens with zero attached hydrogens (tertiary/aromatic N) is 2. The Morgan fingerprint density at radius 1 is 1.03 bits per heavy atom. The minimum Gasteiger partial charge on any atom is -0.439 e. The van der Waals surface area contributed by atoms with Gasteiger partial charge >= 0.3 is 0 Å². The van der Waals surface area contributed by atoms with Crippen LogP contribution in [0.2, 0.25) is 5.02 Å². The summed E-state index contributed by atoms with van der Waals surface area (Å²) >= 11 is 6.22. The van der Waals surface area contributed by atoms with E-state index in [1.54, 1.807) is 48.5 Å². The fourth-order valence-corrected chi connectivity index (χ4v) is 6.36. The van der Waals surface area contributed by atoms with E-state index in [1.165, 1.54) is 4.31 Å². The first-order valence-corrected chi connectivity index (χ1v) is 12.0. The SMILES string of the molecule is N#CC1=C(N)OC2=C(C1c1cccc(Cl)c1)S(=O)(=O)N(Cc1ccccc1)c1ccccc12. The second-order valence-electron chi connectivity index (χ2n) is 7.69. The Hall–Kier alpha value is -3.73. The van der Waals surface area contributed by atoms with Crippen molar-refractivity contribution in [3.05, 3.63) is 117 Å². The highest BCUT2D eigenvalue weighted by molar-refractivity contribution is 7.96. The van der Waals surface area contributed by atoms with Crippen LogP contribution in [0, 0.1) is 11.3 Å². The molecule has 6 nitrogen and oxygen atoms in total. The van der Waals surface area contributed by atoms with E-state index in [4.69, 9.17) is 22.1 Å². The molecule has 0 fully saturated rings. The third-order valence-corrected chi connectivity index (χ3v) is 7.83. The summed E-state index contributed by atoms with van der Waals surface area (Å²) in [5.74, 6) is -0.937. The number of nitriles is 1. The molecule has 1 atom stereocenters. The van der Waals surface area contributed by atoms with Gasteiger partial charge in [0.15, 0.2) is 5.76 Å². The monoisotopic (exact) mass is 475 g/mol. The minimum atomic E-state index is -4.11. The van der Waals surface area contributed by atoms with Crippen molar-refractivity contribution in [3.63, 3.8) is 0 Å². The summed E-state index contributed by atoms with van der Waals surface area (Å²) < 4.78 is 35.4. The lowest BCUT2D eigenvalue weighted by molar-refractivity contribution is 0.357. The molecule has 3 aromatic carbocycles. The molecule has 5 rings (SSSR count). The van der Waals surface area contributed by atoms with Crippen LogP contribution < -0.4 is 10.0 Å². The van der Waals surface area contributed by atoms with Crippen molar-refractivity contribution in [2.24, 2.45) is 5.73 Å². The van der Waals surface area contributed by atoms with E-state index in [0.717, 1.165) is 5.56 Å². The second-order valence-corrected chi connectivity index (χ2v) is 9.95. The summed E-state index contributed by atoms with van der Waals surface area (Å²) in [4.78, 5) is -0.0230. The van der Waals surface area contributed by atoms with Crippen molar-refractivity contribution in [2.45, 2.75) is 12.5 Å². The van der Waals surface area contributed by atoms with Crippen LogP contribution in [0.15, 0.2) is 95.2 Å². The Labute approximate surface area is 196 Å². The number of hydrogen-bond donors (Lipinski definition) is 1. The van der Waals surface area contributed by atoms with Crippen molar-refractivity contribution >= 4 is 33.1 Å². The number of ether oxygens (including phenoxy) is 1. The Bertz CT molecular complexity index is 1470. The van der Waals surface area contributed by atoms with Gasteiger partial charge in [0.05, 0.1) is 18.2 Å². The number of hydrogen-bond acceptors (Lipinski definition) is 5. The van der Waals surface area contributed by atoms with Crippen LogP contribution in [0.5, 0.6) is 0 Å². The van der Waals surface area contributed by atoms with Crippen molar-refractivity contribution in [1.82, 2.24) is 0 Å². The quantitative estimate of drug-likeness (QED) is 0.583. The molecular formula is C25H18ClN3O3S. The van der Waals surface area contributed by atoms with Gasteiger partial charge in [0.1, 0.15) is 16.5 Å². The predicted octanol–water partition coefficient (Wildman–Crippen LogP) is 4.87. The number of rotatable bonds is 3. The van der Waals surface area contributed by atoms with E-state index in [0.29, 0.717) is 21.8 Å². The molecule has 0 bridgehead atoms. The Kier molecular flexibility index (Phi) is 5.12. The maximum Gasteiger partial charge on any atom is 0.265 e. The fraction of sp³-hybridized carbons (Fsp3) is 0.0800. The molecule has 0 amide bonds. The maximum atomic E-state index is 14.1. The highest BCUT2D eigenvalue weighted by atomic mass is 35.5. The van der Waals surface area contributed by atoms with Gasteiger partial charge in [-0.1, -0.05) is 66.2 Å². The van der Waals surface area contributed by atoms with Crippen LogP contribution in [0.1, 0.15) is 22.6 Å². The van der Waals surface area contributed by atoms with Crippen LogP contribution in [0.4, 0.5) is 5.69 Å². The number of benzene rings is 3. The molecule has 33 heavy (non-hydrogen) atoms. The van der Waals surface area contributed by atoms with Gasteiger partial charge in [0.2, 0.25) is 5.88 Å². The van der Waals surface area contributed by atoms with Crippen LogP contribution in [-0.2, 0) is 21.3 Å². The average molecular weight is 476 g/mol. The molecule has 0 spiro atoms. The number of para-hydroxylation sites is 1. The van der Waals surface area contributed by atoms with Gasteiger partial charge in [0.25, 0.3) is 10.0 Å². The van der Waals surface area contributed by atoms with E-state index < -0.39 is 15.9 Å². The standard InChI is InChI=1S/C25H18ClN3O3S/c26-18-10-6-9-17(13-18)22-20(14-27)25(28)32-23-19-11-4-5-12-21(19)29(33(30,31)24(22)23)15-16-7-2-1-3-8-16/h1-13,22H,15,28H2. The third-order valence-electron chi connectivity index (χ3n) is 5.71. The normalized spacial score (nSPS) is 18.8. The van der Waals surface area contributed by atoms with Crippen molar-refractivity contribution in [1.29, 1.82) is 5.26 Å². The second kappa shape index (κ2) is 8.00. The van der Waals surface area contributed by atoms with Crippen LogP contribution >= 0.6 is 11.6 Å². The topological polar surface area (TPSA) is 96.4 Å². The first-order valence-electron chi connectivity index (χ1n) is 10.1. The minimum absolute atomic E-state index is 0.0230. The molecule has 0 aliphatic carbocycles. The Balaban J connectivity index is 1.78. The molecule has 164 valence electrons.